The molecule has 0 bridgehead atoms. The first-order valence-electron chi connectivity index (χ1n) is 6.08. The van der Waals surface area contributed by atoms with Crippen molar-refractivity contribution in [1.29, 1.82) is 0 Å². The summed E-state index contributed by atoms with van der Waals surface area (Å²) in [4.78, 5) is 3.13. The van der Waals surface area contributed by atoms with Crippen LogP contribution in [-0.4, -0.2) is 17.6 Å². The standard InChI is InChI=1S/C14H19FN2/c1-9(2)16-8-7-11-10(3)17-14-12(11)5-4-6-13(14)15/h4-6,9,16-17H,7-8H2,1-3H3. The van der Waals surface area contributed by atoms with E-state index in [1.165, 1.54) is 11.6 Å². The van der Waals surface area contributed by atoms with Gasteiger partial charge in [0, 0.05) is 17.1 Å². The molecule has 3 heteroatoms. The maximum atomic E-state index is 13.6. The van der Waals surface area contributed by atoms with Gasteiger partial charge in [-0.1, -0.05) is 26.0 Å². The van der Waals surface area contributed by atoms with Crippen LogP contribution in [0.25, 0.3) is 10.9 Å². The number of nitrogens with one attached hydrogen (secondary N) is 2. The summed E-state index contributed by atoms with van der Waals surface area (Å²) in [5.41, 5.74) is 2.91. The Balaban J connectivity index is 2.27. The average Bonchev–Trinajstić information content (AvgIpc) is 2.57. The van der Waals surface area contributed by atoms with Crippen LogP contribution in [0.5, 0.6) is 0 Å². The van der Waals surface area contributed by atoms with E-state index in [4.69, 9.17) is 0 Å². The lowest BCUT2D eigenvalue weighted by Gasteiger charge is -2.07. The molecule has 1 heterocycles. The second kappa shape index (κ2) is 4.88. The molecule has 0 fully saturated rings. The number of fused-ring (bicyclic) bond motifs is 1. The molecule has 0 unspecified atom stereocenters. The Morgan fingerprint density at radius 2 is 2.12 bits per heavy atom. The van der Waals surface area contributed by atoms with Crippen molar-refractivity contribution in [2.75, 3.05) is 6.54 Å². The highest BCUT2D eigenvalue weighted by molar-refractivity contribution is 5.85. The number of para-hydroxylation sites is 1. The smallest absolute Gasteiger partial charge is 0.147 e. The Morgan fingerprint density at radius 3 is 2.82 bits per heavy atom. The van der Waals surface area contributed by atoms with E-state index >= 15 is 0 Å². The van der Waals surface area contributed by atoms with Crippen molar-refractivity contribution in [3.05, 3.63) is 35.3 Å². The van der Waals surface area contributed by atoms with Crippen LogP contribution < -0.4 is 5.32 Å². The zero-order valence-corrected chi connectivity index (χ0v) is 10.6. The van der Waals surface area contributed by atoms with E-state index < -0.39 is 0 Å². The van der Waals surface area contributed by atoms with Gasteiger partial charge in [-0.05, 0) is 31.5 Å². The van der Waals surface area contributed by atoms with Crippen molar-refractivity contribution in [2.45, 2.75) is 33.2 Å². The molecular formula is C14H19FN2. The van der Waals surface area contributed by atoms with Crippen LogP contribution in [0.2, 0.25) is 0 Å². The van der Waals surface area contributed by atoms with Gasteiger partial charge < -0.3 is 10.3 Å². The number of rotatable bonds is 4. The van der Waals surface area contributed by atoms with Gasteiger partial charge in [0.25, 0.3) is 0 Å². The lowest BCUT2D eigenvalue weighted by atomic mass is 10.1. The summed E-state index contributed by atoms with van der Waals surface area (Å²) < 4.78 is 13.6. The summed E-state index contributed by atoms with van der Waals surface area (Å²) in [5, 5.41) is 4.39. The molecule has 0 saturated heterocycles. The molecular weight excluding hydrogens is 215 g/mol. The van der Waals surface area contributed by atoms with Gasteiger partial charge in [-0.15, -0.1) is 0 Å². The van der Waals surface area contributed by atoms with Crippen molar-refractivity contribution < 1.29 is 4.39 Å². The number of hydrogen-bond donors (Lipinski definition) is 2. The van der Waals surface area contributed by atoms with Crippen LogP contribution in [0, 0.1) is 12.7 Å². The average molecular weight is 234 g/mol. The molecule has 0 aliphatic heterocycles. The molecule has 1 aromatic heterocycles. The van der Waals surface area contributed by atoms with Crippen molar-refractivity contribution >= 4 is 10.9 Å². The van der Waals surface area contributed by atoms with E-state index in [0.717, 1.165) is 24.0 Å². The van der Waals surface area contributed by atoms with Crippen LogP contribution in [0.1, 0.15) is 25.1 Å². The molecule has 2 rings (SSSR count). The van der Waals surface area contributed by atoms with E-state index in [1.54, 1.807) is 6.07 Å². The molecule has 92 valence electrons. The van der Waals surface area contributed by atoms with Crippen molar-refractivity contribution in [2.24, 2.45) is 0 Å². The predicted molar refractivity (Wildman–Crippen MR) is 69.8 cm³/mol. The third-order valence-corrected chi connectivity index (χ3v) is 3.03. The maximum absolute atomic E-state index is 13.6. The minimum Gasteiger partial charge on any atom is -0.356 e. The van der Waals surface area contributed by atoms with Gasteiger partial charge >= 0.3 is 0 Å². The number of aryl methyl sites for hydroxylation is 1. The zero-order valence-electron chi connectivity index (χ0n) is 10.6. The number of hydrogen-bond acceptors (Lipinski definition) is 1. The van der Waals surface area contributed by atoms with Crippen molar-refractivity contribution in [3.63, 3.8) is 0 Å². The van der Waals surface area contributed by atoms with E-state index in [2.05, 4.69) is 24.1 Å². The second-order valence-electron chi connectivity index (χ2n) is 4.75. The SMILES string of the molecule is Cc1[nH]c2c(F)cccc2c1CCNC(C)C. The molecule has 1 aromatic carbocycles. The minimum absolute atomic E-state index is 0.173. The summed E-state index contributed by atoms with van der Waals surface area (Å²) in [6.07, 6.45) is 0.924. The number of H-pyrrole nitrogens is 1. The molecule has 0 radical (unpaired) electrons. The van der Waals surface area contributed by atoms with Gasteiger partial charge in [-0.3, -0.25) is 0 Å². The molecule has 0 amide bonds. The summed E-state index contributed by atoms with van der Waals surface area (Å²) in [6, 6.07) is 5.72. The van der Waals surface area contributed by atoms with Gasteiger partial charge in [0.15, 0.2) is 0 Å². The Bertz CT molecular complexity index is 514. The fraction of sp³-hybridized carbons (Fsp3) is 0.429. The van der Waals surface area contributed by atoms with E-state index in [9.17, 15) is 4.39 Å². The maximum Gasteiger partial charge on any atom is 0.147 e. The fourth-order valence-electron chi connectivity index (χ4n) is 2.18. The van der Waals surface area contributed by atoms with Gasteiger partial charge in [0.05, 0.1) is 5.52 Å². The highest BCUT2D eigenvalue weighted by atomic mass is 19.1. The lowest BCUT2D eigenvalue weighted by molar-refractivity contribution is 0.590. The van der Waals surface area contributed by atoms with Crippen LogP contribution in [0.15, 0.2) is 18.2 Å². The van der Waals surface area contributed by atoms with Crippen LogP contribution >= 0.6 is 0 Å². The van der Waals surface area contributed by atoms with Crippen molar-refractivity contribution in [1.82, 2.24) is 10.3 Å². The molecule has 2 N–H and O–H groups in total. The summed E-state index contributed by atoms with van der Waals surface area (Å²) >= 11 is 0. The summed E-state index contributed by atoms with van der Waals surface area (Å²) in [6.45, 7) is 7.18. The monoisotopic (exact) mass is 234 g/mol. The zero-order chi connectivity index (χ0) is 12.4. The highest BCUT2D eigenvalue weighted by Gasteiger charge is 2.10. The normalized spacial score (nSPS) is 11.6. The van der Waals surface area contributed by atoms with E-state index in [0.29, 0.717) is 11.6 Å². The van der Waals surface area contributed by atoms with Crippen LogP contribution in [0.3, 0.4) is 0 Å². The first-order valence-corrected chi connectivity index (χ1v) is 6.08. The Morgan fingerprint density at radius 1 is 1.35 bits per heavy atom. The molecule has 0 atom stereocenters. The third kappa shape index (κ3) is 2.50. The first-order chi connectivity index (χ1) is 8.09. The Hall–Kier alpha value is -1.35. The molecule has 2 aromatic rings. The predicted octanol–water partition coefficient (Wildman–Crippen LogP) is 3.16. The summed E-state index contributed by atoms with van der Waals surface area (Å²) in [7, 11) is 0. The Kier molecular flexibility index (Phi) is 3.48. The van der Waals surface area contributed by atoms with Gasteiger partial charge in [-0.2, -0.15) is 0 Å². The molecule has 0 aliphatic rings. The second-order valence-corrected chi connectivity index (χ2v) is 4.75. The largest absolute Gasteiger partial charge is 0.356 e. The van der Waals surface area contributed by atoms with Crippen LogP contribution in [0.4, 0.5) is 4.39 Å². The topological polar surface area (TPSA) is 27.8 Å². The molecule has 0 saturated carbocycles. The van der Waals surface area contributed by atoms with Gasteiger partial charge in [0.2, 0.25) is 0 Å². The van der Waals surface area contributed by atoms with Gasteiger partial charge in [0.1, 0.15) is 5.82 Å². The fourth-order valence-corrected chi connectivity index (χ4v) is 2.18. The number of aromatic nitrogens is 1. The van der Waals surface area contributed by atoms with Crippen molar-refractivity contribution in [3.8, 4) is 0 Å². The first kappa shape index (κ1) is 12.1. The highest BCUT2D eigenvalue weighted by Crippen LogP contribution is 2.24. The summed E-state index contributed by atoms with van der Waals surface area (Å²) in [5.74, 6) is -0.173. The molecule has 0 aliphatic carbocycles. The molecule has 2 nitrogen and oxygen atoms in total. The lowest BCUT2D eigenvalue weighted by Crippen LogP contribution is -2.25. The third-order valence-electron chi connectivity index (χ3n) is 3.03. The number of halogens is 1. The number of benzene rings is 1. The quantitative estimate of drug-likeness (QED) is 0.835. The van der Waals surface area contributed by atoms with E-state index in [-0.39, 0.29) is 5.82 Å². The Labute approximate surface area is 101 Å². The number of aromatic amines is 1. The molecule has 0 spiro atoms. The minimum atomic E-state index is -0.173. The molecule has 17 heavy (non-hydrogen) atoms. The van der Waals surface area contributed by atoms with Crippen LogP contribution in [-0.2, 0) is 6.42 Å². The van der Waals surface area contributed by atoms with Gasteiger partial charge in [-0.25, -0.2) is 4.39 Å². The van der Waals surface area contributed by atoms with E-state index in [1.807, 2.05) is 13.0 Å².